The van der Waals surface area contributed by atoms with E-state index in [0.29, 0.717) is 51.0 Å². The second-order valence-corrected chi connectivity index (χ2v) is 12.1. The van der Waals surface area contributed by atoms with E-state index in [1.807, 2.05) is 6.07 Å². The Kier molecular flexibility index (Phi) is 6.77. The number of aryl methyl sites for hydroxylation is 1. The molecule has 1 unspecified atom stereocenters. The van der Waals surface area contributed by atoms with Gasteiger partial charge in [-0.05, 0) is 63.4 Å². The van der Waals surface area contributed by atoms with Crippen molar-refractivity contribution >= 4 is 45.6 Å². The van der Waals surface area contributed by atoms with Crippen molar-refractivity contribution < 1.29 is 13.5 Å². The van der Waals surface area contributed by atoms with Crippen molar-refractivity contribution in [3.63, 3.8) is 0 Å². The van der Waals surface area contributed by atoms with Crippen molar-refractivity contribution in [2.24, 2.45) is 18.9 Å². The molecule has 1 aliphatic carbocycles. The summed E-state index contributed by atoms with van der Waals surface area (Å²) in [6, 6.07) is 4.68. The number of rotatable bonds is 5. The minimum atomic E-state index is -3.10. The van der Waals surface area contributed by atoms with Crippen LogP contribution in [0.4, 0.5) is 31.9 Å². The molecular weight excluding hydrogens is 540 g/mol. The third kappa shape index (κ3) is 4.94. The first-order valence-electron chi connectivity index (χ1n) is 13.7. The molecule has 2 N–H and O–H groups in total. The Morgan fingerprint density at radius 3 is 2.75 bits per heavy atom. The van der Waals surface area contributed by atoms with E-state index >= 15 is 0 Å². The summed E-state index contributed by atoms with van der Waals surface area (Å²) in [5.74, 6) is -1.84. The molecule has 1 aromatic carbocycles. The van der Waals surface area contributed by atoms with E-state index < -0.39 is 24.1 Å². The van der Waals surface area contributed by atoms with Crippen molar-refractivity contribution in [1.82, 2.24) is 19.4 Å². The van der Waals surface area contributed by atoms with Gasteiger partial charge in [-0.3, -0.25) is 4.79 Å². The standard InChI is InChI=1S/C28H34ClF2N7O2/c1-15-9-18(36(2)3)13-38(12-15)27-32-11-20(29)25(35-27)33-17-7-8-21-19(10-17)22-23(26(39)37(21)4)40-14-28(30,31)24(34-22)16-5-6-16/h7-8,10-11,15-16,18,24,34H,5-6,9,12-14H2,1-4H3,(H,32,33,35)/t15-,18+,24?/m1/s1. The molecule has 3 aliphatic rings. The molecule has 12 heteroatoms. The van der Waals surface area contributed by atoms with Gasteiger partial charge in [0.1, 0.15) is 5.02 Å². The molecule has 0 amide bonds. The number of hydrogen-bond acceptors (Lipinski definition) is 8. The number of aromatic nitrogens is 3. The molecule has 6 rings (SSSR count). The first-order valence-corrected chi connectivity index (χ1v) is 14.0. The van der Waals surface area contributed by atoms with Crippen LogP contribution in [0.3, 0.4) is 0 Å². The molecule has 3 atom stereocenters. The van der Waals surface area contributed by atoms with Crippen LogP contribution < -0.4 is 25.8 Å². The minimum absolute atomic E-state index is 0.0907. The lowest BCUT2D eigenvalue weighted by atomic mass is 9.95. The molecule has 0 radical (unpaired) electrons. The average molecular weight is 574 g/mol. The first-order chi connectivity index (χ1) is 19.0. The van der Waals surface area contributed by atoms with E-state index in [0.717, 1.165) is 32.4 Å². The van der Waals surface area contributed by atoms with Crippen molar-refractivity contribution in [1.29, 1.82) is 0 Å². The molecule has 2 fully saturated rings. The molecule has 40 heavy (non-hydrogen) atoms. The van der Waals surface area contributed by atoms with Gasteiger partial charge in [-0.1, -0.05) is 18.5 Å². The highest BCUT2D eigenvalue weighted by Crippen LogP contribution is 2.45. The predicted molar refractivity (Wildman–Crippen MR) is 154 cm³/mol. The quantitative estimate of drug-likeness (QED) is 0.453. The lowest BCUT2D eigenvalue weighted by Gasteiger charge is -2.39. The minimum Gasteiger partial charge on any atom is -0.480 e. The number of piperidine rings is 1. The van der Waals surface area contributed by atoms with Crippen molar-refractivity contribution in [3.8, 4) is 5.75 Å². The maximum atomic E-state index is 15.0. The Hall–Kier alpha value is -3.18. The third-order valence-electron chi connectivity index (χ3n) is 8.26. The van der Waals surface area contributed by atoms with Crippen LogP contribution in [0, 0.1) is 11.8 Å². The topological polar surface area (TPSA) is 87.5 Å². The molecule has 9 nitrogen and oxygen atoms in total. The largest absolute Gasteiger partial charge is 0.480 e. The highest BCUT2D eigenvalue weighted by atomic mass is 35.5. The first kappa shape index (κ1) is 27.0. The Morgan fingerprint density at radius 2 is 2.02 bits per heavy atom. The number of nitrogens with one attached hydrogen (secondary N) is 2. The van der Waals surface area contributed by atoms with Gasteiger partial charge < -0.3 is 29.7 Å². The summed E-state index contributed by atoms with van der Waals surface area (Å²) in [5.41, 5.74) is 1.07. The third-order valence-corrected chi connectivity index (χ3v) is 8.53. The number of hydrogen-bond donors (Lipinski definition) is 2. The molecule has 214 valence electrons. The molecule has 2 aliphatic heterocycles. The van der Waals surface area contributed by atoms with Crippen LogP contribution >= 0.6 is 11.6 Å². The van der Waals surface area contributed by atoms with Crippen molar-refractivity contribution in [3.05, 3.63) is 39.8 Å². The number of benzene rings is 1. The lowest BCUT2D eigenvalue weighted by Crippen LogP contribution is -2.48. The number of alkyl halides is 2. The molecule has 3 aromatic rings. The molecule has 2 aromatic heterocycles. The Balaban J connectivity index is 1.36. The van der Waals surface area contributed by atoms with Gasteiger partial charge in [0.2, 0.25) is 11.7 Å². The fraction of sp³-hybridized carbons (Fsp3) is 0.536. The lowest BCUT2D eigenvalue weighted by molar-refractivity contribution is -0.0579. The average Bonchev–Trinajstić information content (AvgIpc) is 3.75. The van der Waals surface area contributed by atoms with E-state index in [-0.39, 0.29) is 11.7 Å². The number of pyridine rings is 1. The van der Waals surface area contributed by atoms with Gasteiger partial charge in [0.25, 0.3) is 5.56 Å². The molecule has 4 heterocycles. The fourth-order valence-electron chi connectivity index (χ4n) is 5.88. The van der Waals surface area contributed by atoms with E-state index in [1.54, 1.807) is 25.4 Å². The van der Waals surface area contributed by atoms with Gasteiger partial charge in [-0.15, -0.1) is 0 Å². The van der Waals surface area contributed by atoms with E-state index in [9.17, 15) is 13.6 Å². The van der Waals surface area contributed by atoms with Crippen molar-refractivity contribution in [2.45, 2.75) is 44.2 Å². The van der Waals surface area contributed by atoms with Gasteiger partial charge >= 0.3 is 5.92 Å². The second-order valence-electron chi connectivity index (χ2n) is 11.7. The van der Waals surface area contributed by atoms with E-state index in [2.05, 4.69) is 46.4 Å². The SMILES string of the molecule is C[C@@H]1C[C@H](N(C)C)CN(c2ncc(Cl)c(Nc3ccc4c(c3)c3c(c(=O)n4C)OCC(F)(F)C(C4CC4)N3)n2)C1. The summed E-state index contributed by atoms with van der Waals surface area (Å²) in [7, 11) is 5.78. The monoisotopic (exact) mass is 573 g/mol. The molecule has 0 bridgehead atoms. The number of fused-ring (bicyclic) bond motifs is 3. The highest BCUT2D eigenvalue weighted by molar-refractivity contribution is 6.33. The zero-order chi connectivity index (χ0) is 28.3. The second kappa shape index (κ2) is 10.0. The number of nitrogens with zero attached hydrogens (tertiary/aromatic N) is 5. The maximum absolute atomic E-state index is 15.0. The van der Waals surface area contributed by atoms with Crippen molar-refractivity contribution in [2.75, 3.05) is 49.3 Å². The number of anilines is 4. The summed E-state index contributed by atoms with van der Waals surface area (Å²) in [5, 5.41) is 7.25. The van der Waals surface area contributed by atoms with Gasteiger partial charge in [0, 0.05) is 37.3 Å². The summed E-state index contributed by atoms with van der Waals surface area (Å²) < 4.78 is 36.8. The van der Waals surface area contributed by atoms with Crippen LogP contribution in [-0.2, 0) is 7.05 Å². The summed E-state index contributed by atoms with van der Waals surface area (Å²) in [6.07, 6.45) is 4.14. The molecular formula is C28H34ClF2N7O2. The number of likely N-dealkylation sites (N-methyl/N-ethyl adjacent to an activating group) is 1. The Morgan fingerprint density at radius 1 is 1.25 bits per heavy atom. The summed E-state index contributed by atoms with van der Waals surface area (Å²) in [4.78, 5) is 26.7. The predicted octanol–water partition coefficient (Wildman–Crippen LogP) is 4.72. The van der Waals surface area contributed by atoms with Crippen LogP contribution in [-0.4, -0.2) is 71.2 Å². The molecule has 0 spiro atoms. The van der Waals surface area contributed by atoms with E-state index in [4.69, 9.17) is 21.3 Å². The van der Waals surface area contributed by atoms with Gasteiger partial charge in [0.15, 0.2) is 12.4 Å². The number of ether oxygens (including phenoxy) is 1. The Labute approximate surface area is 236 Å². The van der Waals surface area contributed by atoms with E-state index in [1.165, 1.54) is 4.57 Å². The summed E-state index contributed by atoms with van der Waals surface area (Å²) >= 11 is 6.51. The maximum Gasteiger partial charge on any atom is 0.301 e. The zero-order valence-corrected chi connectivity index (χ0v) is 23.8. The van der Waals surface area contributed by atoms with Gasteiger partial charge in [-0.2, -0.15) is 4.98 Å². The van der Waals surface area contributed by atoms with Crippen LogP contribution in [0.1, 0.15) is 26.2 Å². The highest BCUT2D eigenvalue weighted by Gasteiger charge is 2.51. The molecule has 1 saturated carbocycles. The zero-order valence-electron chi connectivity index (χ0n) is 23.0. The number of halogens is 3. The fourth-order valence-corrected chi connectivity index (χ4v) is 6.02. The van der Waals surface area contributed by atoms with Crippen LogP contribution in [0.5, 0.6) is 5.75 Å². The smallest absolute Gasteiger partial charge is 0.301 e. The van der Waals surface area contributed by atoms with Gasteiger partial charge in [-0.25, -0.2) is 13.8 Å². The normalized spacial score (nSPS) is 24.3. The molecule has 1 saturated heterocycles. The van der Waals surface area contributed by atoms with Crippen LogP contribution in [0.15, 0.2) is 29.2 Å². The van der Waals surface area contributed by atoms with Gasteiger partial charge in [0.05, 0.1) is 23.4 Å². The Bertz CT molecular complexity index is 1510. The van der Waals surface area contributed by atoms with Crippen LogP contribution in [0.25, 0.3) is 10.9 Å². The summed E-state index contributed by atoms with van der Waals surface area (Å²) in [6.45, 7) is 3.05. The van der Waals surface area contributed by atoms with Crippen LogP contribution in [0.2, 0.25) is 5.02 Å².